The number of carboxylic acid groups (broad SMARTS) is 1. The van der Waals surface area contributed by atoms with E-state index in [0.717, 1.165) is 0 Å². The lowest BCUT2D eigenvalue weighted by atomic mass is 10.0. The van der Waals surface area contributed by atoms with E-state index in [-0.39, 0.29) is 5.92 Å². The maximum atomic E-state index is 10.5. The zero-order valence-electron chi connectivity index (χ0n) is 6.10. The standard InChI is InChI=1S/C9H10O2/c10-9(11)8-6-4-2-1-3-5-7-8/h1-6,8H,7H2,(H,10,11)/b2-1+,5-3-,6-4-. The van der Waals surface area contributed by atoms with Crippen molar-refractivity contribution in [2.24, 2.45) is 5.92 Å². The normalized spacial score (nSPS) is 31.5. The molecule has 2 heteroatoms. The van der Waals surface area contributed by atoms with Gasteiger partial charge < -0.3 is 5.11 Å². The summed E-state index contributed by atoms with van der Waals surface area (Å²) in [5.41, 5.74) is 0. The van der Waals surface area contributed by atoms with Gasteiger partial charge in [0.2, 0.25) is 0 Å². The summed E-state index contributed by atoms with van der Waals surface area (Å²) in [5, 5.41) is 8.65. The molecule has 0 aliphatic heterocycles. The Bertz CT molecular complexity index is 224. The number of carbonyl (C=O) groups is 1. The van der Waals surface area contributed by atoms with Crippen LogP contribution in [-0.2, 0) is 4.79 Å². The second kappa shape index (κ2) is 3.76. The number of rotatable bonds is 1. The lowest BCUT2D eigenvalue weighted by Crippen LogP contribution is -2.09. The van der Waals surface area contributed by atoms with E-state index in [4.69, 9.17) is 5.11 Å². The Labute approximate surface area is 65.5 Å². The van der Waals surface area contributed by atoms with E-state index in [2.05, 4.69) is 0 Å². The SMILES string of the molecule is O=C(O)C1\C=C/C=C/C=C\C1. The van der Waals surface area contributed by atoms with Gasteiger partial charge >= 0.3 is 5.97 Å². The topological polar surface area (TPSA) is 37.3 Å². The highest BCUT2D eigenvalue weighted by Gasteiger charge is 2.10. The zero-order chi connectivity index (χ0) is 8.10. The van der Waals surface area contributed by atoms with Crippen LogP contribution in [0.1, 0.15) is 6.42 Å². The summed E-state index contributed by atoms with van der Waals surface area (Å²) in [7, 11) is 0. The van der Waals surface area contributed by atoms with Gasteiger partial charge in [0.15, 0.2) is 0 Å². The average molecular weight is 150 g/mol. The van der Waals surface area contributed by atoms with Crippen LogP contribution in [-0.4, -0.2) is 11.1 Å². The maximum Gasteiger partial charge on any atom is 0.310 e. The van der Waals surface area contributed by atoms with Crippen LogP contribution in [0.4, 0.5) is 0 Å². The summed E-state index contributed by atoms with van der Waals surface area (Å²) in [4.78, 5) is 10.5. The molecule has 0 saturated carbocycles. The summed E-state index contributed by atoms with van der Waals surface area (Å²) in [6.07, 6.45) is 11.5. The summed E-state index contributed by atoms with van der Waals surface area (Å²) < 4.78 is 0. The van der Waals surface area contributed by atoms with Crippen molar-refractivity contribution in [1.29, 1.82) is 0 Å². The van der Waals surface area contributed by atoms with Crippen LogP contribution in [0, 0.1) is 5.92 Å². The number of aliphatic carboxylic acids is 1. The molecule has 0 heterocycles. The molecule has 1 aliphatic rings. The first-order chi connectivity index (χ1) is 5.30. The van der Waals surface area contributed by atoms with E-state index in [0.29, 0.717) is 6.42 Å². The van der Waals surface area contributed by atoms with Crippen LogP contribution in [0.25, 0.3) is 0 Å². The third kappa shape index (κ3) is 2.42. The minimum atomic E-state index is -0.763. The summed E-state index contributed by atoms with van der Waals surface area (Å²) in [6.45, 7) is 0. The molecule has 0 aromatic rings. The predicted molar refractivity (Wildman–Crippen MR) is 43.2 cm³/mol. The van der Waals surface area contributed by atoms with Crippen LogP contribution >= 0.6 is 0 Å². The van der Waals surface area contributed by atoms with Gasteiger partial charge in [-0.15, -0.1) is 0 Å². The van der Waals surface area contributed by atoms with E-state index in [9.17, 15) is 4.79 Å². The van der Waals surface area contributed by atoms with Crippen LogP contribution in [0.3, 0.4) is 0 Å². The molecule has 1 N–H and O–H groups in total. The van der Waals surface area contributed by atoms with Gasteiger partial charge in [0, 0.05) is 0 Å². The molecule has 2 nitrogen and oxygen atoms in total. The van der Waals surface area contributed by atoms with Crippen LogP contribution < -0.4 is 0 Å². The fourth-order valence-corrected chi connectivity index (χ4v) is 0.892. The Balaban J connectivity index is 2.68. The highest BCUT2D eigenvalue weighted by molar-refractivity contribution is 5.72. The third-order valence-corrected chi connectivity index (χ3v) is 1.52. The first-order valence-electron chi connectivity index (χ1n) is 3.53. The summed E-state index contributed by atoms with van der Waals surface area (Å²) in [6, 6.07) is 0. The number of hydrogen-bond donors (Lipinski definition) is 1. The largest absolute Gasteiger partial charge is 0.481 e. The summed E-state index contributed by atoms with van der Waals surface area (Å²) >= 11 is 0. The predicted octanol–water partition coefficient (Wildman–Crippen LogP) is 1.76. The average Bonchev–Trinajstić information content (AvgIpc) is 1.84. The lowest BCUT2D eigenvalue weighted by Gasteiger charge is -2.03. The van der Waals surface area contributed by atoms with Crippen molar-refractivity contribution in [2.75, 3.05) is 0 Å². The molecule has 1 rings (SSSR count). The fraction of sp³-hybridized carbons (Fsp3) is 0.222. The molecule has 0 bridgehead atoms. The molecular weight excluding hydrogens is 140 g/mol. The zero-order valence-corrected chi connectivity index (χ0v) is 6.10. The smallest absolute Gasteiger partial charge is 0.310 e. The molecule has 0 aromatic heterocycles. The molecule has 0 fully saturated rings. The van der Waals surface area contributed by atoms with Crippen molar-refractivity contribution >= 4 is 5.97 Å². The Morgan fingerprint density at radius 1 is 1.27 bits per heavy atom. The van der Waals surface area contributed by atoms with E-state index in [1.807, 2.05) is 24.3 Å². The van der Waals surface area contributed by atoms with Crippen molar-refractivity contribution in [2.45, 2.75) is 6.42 Å². The number of carboxylic acids is 1. The second-order valence-corrected chi connectivity index (χ2v) is 2.38. The molecule has 1 atom stereocenters. The second-order valence-electron chi connectivity index (χ2n) is 2.38. The molecule has 11 heavy (non-hydrogen) atoms. The van der Waals surface area contributed by atoms with Gasteiger partial charge in [-0.05, 0) is 6.42 Å². The minimum Gasteiger partial charge on any atom is -0.481 e. The molecule has 58 valence electrons. The van der Waals surface area contributed by atoms with E-state index in [1.165, 1.54) is 0 Å². The first-order valence-corrected chi connectivity index (χ1v) is 3.53. The molecule has 0 saturated heterocycles. The van der Waals surface area contributed by atoms with Gasteiger partial charge in [0.1, 0.15) is 0 Å². The monoisotopic (exact) mass is 150 g/mol. The lowest BCUT2D eigenvalue weighted by molar-refractivity contribution is -0.139. The van der Waals surface area contributed by atoms with E-state index < -0.39 is 5.97 Å². The first kappa shape index (κ1) is 7.79. The van der Waals surface area contributed by atoms with E-state index >= 15 is 0 Å². The molecule has 0 amide bonds. The van der Waals surface area contributed by atoms with Gasteiger partial charge in [0.05, 0.1) is 5.92 Å². The summed E-state index contributed by atoms with van der Waals surface area (Å²) in [5.74, 6) is -1.13. The molecule has 1 aliphatic carbocycles. The minimum absolute atomic E-state index is 0.365. The fourth-order valence-electron chi connectivity index (χ4n) is 0.892. The highest BCUT2D eigenvalue weighted by Crippen LogP contribution is 2.08. The van der Waals surface area contributed by atoms with Gasteiger partial charge in [-0.1, -0.05) is 36.5 Å². The van der Waals surface area contributed by atoms with Crippen molar-refractivity contribution in [1.82, 2.24) is 0 Å². The Hall–Kier alpha value is -1.31. The van der Waals surface area contributed by atoms with Gasteiger partial charge in [-0.25, -0.2) is 0 Å². The van der Waals surface area contributed by atoms with Gasteiger partial charge in [0.25, 0.3) is 0 Å². The van der Waals surface area contributed by atoms with Gasteiger partial charge in [-0.2, -0.15) is 0 Å². The van der Waals surface area contributed by atoms with Crippen molar-refractivity contribution in [3.05, 3.63) is 36.5 Å². The van der Waals surface area contributed by atoms with Crippen molar-refractivity contribution in [3.63, 3.8) is 0 Å². The molecule has 0 aromatic carbocycles. The van der Waals surface area contributed by atoms with Crippen molar-refractivity contribution in [3.8, 4) is 0 Å². The van der Waals surface area contributed by atoms with E-state index in [1.54, 1.807) is 12.2 Å². The quantitative estimate of drug-likeness (QED) is 0.618. The van der Waals surface area contributed by atoms with Crippen LogP contribution in [0.5, 0.6) is 0 Å². The van der Waals surface area contributed by atoms with Gasteiger partial charge in [-0.3, -0.25) is 4.79 Å². The molecule has 0 spiro atoms. The Kier molecular flexibility index (Phi) is 2.66. The van der Waals surface area contributed by atoms with Crippen molar-refractivity contribution < 1.29 is 9.90 Å². The number of hydrogen-bond acceptors (Lipinski definition) is 1. The number of allylic oxidation sites excluding steroid dienone is 5. The molecule has 1 unspecified atom stereocenters. The third-order valence-electron chi connectivity index (χ3n) is 1.52. The highest BCUT2D eigenvalue weighted by atomic mass is 16.4. The van der Waals surface area contributed by atoms with Crippen LogP contribution in [0.2, 0.25) is 0 Å². The van der Waals surface area contributed by atoms with Crippen LogP contribution in [0.15, 0.2) is 36.5 Å². The Morgan fingerprint density at radius 3 is 2.73 bits per heavy atom. The Morgan fingerprint density at radius 2 is 2.00 bits per heavy atom. The maximum absolute atomic E-state index is 10.5. The molecular formula is C9H10O2. The molecule has 0 radical (unpaired) electrons.